The normalized spacial score (nSPS) is 15.0. The van der Waals surface area contributed by atoms with Crippen molar-refractivity contribution in [2.24, 2.45) is 11.7 Å². The zero-order valence-electron chi connectivity index (χ0n) is 15.9. The molecule has 0 radical (unpaired) electrons. The van der Waals surface area contributed by atoms with Crippen LogP contribution in [0.2, 0.25) is 0 Å². The second-order valence-corrected chi connectivity index (χ2v) is 8.61. The number of rotatable bonds is 5. The van der Waals surface area contributed by atoms with Gasteiger partial charge in [0.25, 0.3) is 5.91 Å². The van der Waals surface area contributed by atoms with Gasteiger partial charge >= 0.3 is 0 Å². The van der Waals surface area contributed by atoms with Crippen LogP contribution in [0.3, 0.4) is 0 Å². The smallest absolute Gasteiger partial charge is 0.259 e. The number of benzene rings is 1. The fourth-order valence-corrected chi connectivity index (χ4v) is 5.05. The van der Waals surface area contributed by atoms with Crippen LogP contribution in [0.15, 0.2) is 48.0 Å². The highest BCUT2D eigenvalue weighted by Gasteiger charge is 2.33. The Kier molecular flexibility index (Phi) is 4.24. The monoisotopic (exact) mass is 405 g/mol. The van der Waals surface area contributed by atoms with Crippen LogP contribution in [0, 0.1) is 11.7 Å². The molecule has 1 amide bonds. The molecule has 1 atom stereocenters. The summed E-state index contributed by atoms with van der Waals surface area (Å²) in [5.74, 6) is 0.300. The number of aromatic nitrogens is 2. The molecule has 4 nitrogen and oxygen atoms in total. The van der Waals surface area contributed by atoms with E-state index in [2.05, 4.69) is 23.0 Å². The lowest BCUT2D eigenvalue weighted by Gasteiger charge is -2.14. The third-order valence-electron chi connectivity index (χ3n) is 5.77. The van der Waals surface area contributed by atoms with Crippen molar-refractivity contribution in [3.05, 3.63) is 64.2 Å². The number of amides is 1. The molecule has 0 saturated heterocycles. The average Bonchev–Trinajstić information content (AvgIpc) is 3.32. The van der Waals surface area contributed by atoms with Gasteiger partial charge in [0.1, 0.15) is 11.5 Å². The summed E-state index contributed by atoms with van der Waals surface area (Å²) in [6.07, 6.45) is 4.23. The van der Waals surface area contributed by atoms with E-state index in [-0.39, 0.29) is 11.7 Å². The molecule has 3 N–H and O–H groups in total. The van der Waals surface area contributed by atoms with Gasteiger partial charge in [-0.25, -0.2) is 9.37 Å². The van der Waals surface area contributed by atoms with Gasteiger partial charge in [0.15, 0.2) is 0 Å². The van der Waals surface area contributed by atoms with Crippen LogP contribution in [0.25, 0.3) is 33.4 Å². The summed E-state index contributed by atoms with van der Waals surface area (Å²) in [7, 11) is 0. The molecule has 29 heavy (non-hydrogen) atoms. The first-order valence-electron chi connectivity index (χ1n) is 9.67. The predicted molar refractivity (Wildman–Crippen MR) is 114 cm³/mol. The van der Waals surface area contributed by atoms with Crippen molar-refractivity contribution in [1.82, 2.24) is 9.97 Å². The van der Waals surface area contributed by atoms with E-state index in [0.29, 0.717) is 16.7 Å². The highest BCUT2D eigenvalue weighted by atomic mass is 32.1. The molecule has 3 aromatic heterocycles. The summed E-state index contributed by atoms with van der Waals surface area (Å²) in [5, 5.41) is 2.99. The molecule has 0 bridgehead atoms. The van der Waals surface area contributed by atoms with Crippen molar-refractivity contribution in [2.75, 3.05) is 0 Å². The summed E-state index contributed by atoms with van der Waals surface area (Å²) in [5.41, 5.74) is 11.3. The van der Waals surface area contributed by atoms with Gasteiger partial charge in [-0.3, -0.25) is 4.79 Å². The van der Waals surface area contributed by atoms with Crippen molar-refractivity contribution in [2.45, 2.75) is 25.7 Å². The van der Waals surface area contributed by atoms with Gasteiger partial charge in [0, 0.05) is 22.8 Å². The highest BCUT2D eigenvalue weighted by molar-refractivity contribution is 7.12. The number of fused-ring (bicyclic) bond motifs is 1. The second-order valence-electron chi connectivity index (χ2n) is 7.73. The van der Waals surface area contributed by atoms with Gasteiger partial charge < -0.3 is 10.7 Å². The molecular formula is C23H20FN3OS. The maximum Gasteiger partial charge on any atom is 0.259 e. The number of pyridine rings is 1. The number of nitrogens with two attached hydrogens (primary N) is 1. The number of aromatic amines is 1. The number of hydrogen-bond donors (Lipinski definition) is 2. The van der Waals surface area contributed by atoms with Crippen molar-refractivity contribution in [3.8, 4) is 22.4 Å². The Morgan fingerprint density at radius 2 is 2.00 bits per heavy atom. The molecule has 0 aliphatic heterocycles. The number of H-pyrrole nitrogens is 1. The molecule has 1 aromatic carbocycles. The lowest BCUT2D eigenvalue weighted by molar-refractivity contribution is 0.100. The molecule has 3 heterocycles. The molecule has 4 aromatic rings. The highest BCUT2D eigenvalue weighted by Crippen LogP contribution is 2.48. The lowest BCUT2D eigenvalue weighted by Crippen LogP contribution is -2.13. The summed E-state index contributed by atoms with van der Waals surface area (Å²) in [6.45, 7) is 2.19. The Morgan fingerprint density at radius 3 is 2.69 bits per heavy atom. The third kappa shape index (κ3) is 3.23. The Bertz CT molecular complexity index is 1220. The Hall–Kier alpha value is -2.99. The molecule has 1 aliphatic rings. The minimum absolute atomic E-state index is 0.259. The van der Waals surface area contributed by atoms with E-state index in [1.807, 2.05) is 17.6 Å². The fraction of sp³-hybridized carbons (Fsp3) is 0.217. The largest absolute Gasteiger partial charge is 0.365 e. The van der Waals surface area contributed by atoms with E-state index >= 15 is 0 Å². The summed E-state index contributed by atoms with van der Waals surface area (Å²) < 4.78 is 13.2. The van der Waals surface area contributed by atoms with Gasteiger partial charge in [0.05, 0.1) is 4.88 Å². The van der Waals surface area contributed by atoms with Gasteiger partial charge in [-0.05, 0) is 83.1 Å². The van der Waals surface area contributed by atoms with Crippen LogP contribution >= 0.6 is 11.3 Å². The molecular weight excluding hydrogens is 385 g/mol. The average molecular weight is 405 g/mol. The standard InChI is InChI=1S/C23H20FN3OS/c1-12(13-2-3-13)20-18(11-29-21(20)22(25)28)16-8-15-9-19(27-23(15)26-10-16)14-4-6-17(24)7-5-14/h4-13H,2-3H2,1H3,(H2,25,28)(H,26,27). The molecule has 1 aliphatic carbocycles. The first kappa shape index (κ1) is 18.1. The number of hydrogen-bond acceptors (Lipinski definition) is 3. The SMILES string of the molecule is CC(c1c(-c2cnc3[nH]c(-c4ccc(F)cc4)cc3c2)csc1C(N)=O)C1CC1. The number of nitrogens with zero attached hydrogens (tertiary/aromatic N) is 1. The zero-order valence-corrected chi connectivity index (χ0v) is 16.7. The molecule has 6 heteroatoms. The van der Waals surface area contributed by atoms with Crippen LogP contribution in [0.1, 0.15) is 40.9 Å². The van der Waals surface area contributed by atoms with E-state index in [1.165, 1.54) is 36.3 Å². The summed E-state index contributed by atoms with van der Waals surface area (Å²) in [4.78, 5) is 20.5. The number of thiophene rings is 1. The fourth-order valence-electron chi connectivity index (χ4n) is 4.01. The Labute approximate surface area is 171 Å². The van der Waals surface area contributed by atoms with Crippen LogP contribution in [-0.4, -0.2) is 15.9 Å². The predicted octanol–water partition coefficient (Wildman–Crippen LogP) is 5.71. The lowest BCUT2D eigenvalue weighted by atomic mass is 9.90. The number of carbonyl (C=O) groups is 1. The van der Waals surface area contributed by atoms with Crippen LogP contribution in [-0.2, 0) is 0 Å². The van der Waals surface area contributed by atoms with Crippen molar-refractivity contribution >= 4 is 28.3 Å². The zero-order chi connectivity index (χ0) is 20.1. The first-order valence-corrected chi connectivity index (χ1v) is 10.6. The van der Waals surface area contributed by atoms with E-state index in [1.54, 1.807) is 12.1 Å². The minimum atomic E-state index is -0.363. The minimum Gasteiger partial charge on any atom is -0.365 e. The first-order chi connectivity index (χ1) is 14.0. The number of primary amides is 1. The van der Waals surface area contributed by atoms with Crippen LogP contribution in [0.4, 0.5) is 4.39 Å². The van der Waals surface area contributed by atoms with Gasteiger partial charge in [-0.15, -0.1) is 11.3 Å². The van der Waals surface area contributed by atoms with E-state index in [9.17, 15) is 9.18 Å². The maximum atomic E-state index is 13.2. The van der Waals surface area contributed by atoms with Crippen LogP contribution in [0.5, 0.6) is 0 Å². The summed E-state index contributed by atoms with van der Waals surface area (Å²) >= 11 is 1.42. The molecule has 1 fully saturated rings. The van der Waals surface area contributed by atoms with Gasteiger partial charge in [-0.1, -0.05) is 6.92 Å². The quantitative estimate of drug-likeness (QED) is 0.446. The summed E-state index contributed by atoms with van der Waals surface area (Å²) in [6, 6.07) is 10.5. The molecule has 0 spiro atoms. The van der Waals surface area contributed by atoms with Gasteiger partial charge in [-0.2, -0.15) is 0 Å². The molecule has 5 rings (SSSR count). The topological polar surface area (TPSA) is 71.8 Å². The maximum absolute atomic E-state index is 13.2. The van der Waals surface area contributed by atoms with Crippen LogP contribution < -0.4 is 5.73 Å². The Balaban J connectivity index is 1.59. The third-order valence-corrected chi connectivity index (χ3v) is 6.78. The molecule has 1 unspecified atom stereocenters. The van der Waals surface area contributed by atoms with Crippen molar-refractivity contribution in [3.63, 3.8) is 0 Å². The Morgan fingerprint density at radius 1 is 1.24 bits per heavy atom. The van der Waals surface area contributed by atoms with E-state index < -0.39 is 0 Å². The van der Waals surface area contributed by atoms with E-state index in [0.717, 1.165) is 39.0 Å². The second kappa shape index (κ2) is 6.81. The number of carbonyl (C=O) groups excluding carboxylic acids is 1. The number of nitrogens with one attached hydrogen (secondary N) is 1. The molecule has 1 saturated carbocycles. The van der Waals surface area contributed by atoms with Crippen molar-refractivity contribution < 1.29 is 9.18 Å². The van der Waals surface area contributed by atoms with Crippen molar-refractivity contribution in [1.29, 1.82) is 0 Å². The molecule has 146 valence electrons. The van der Waals surface area contributed by atoms with Gasteiger partial charge in [0.2, 0.25) is 0 Å². The van der Waals surface area contributed by atoms with E-state index in [4.69, 9.17) is 5.73 Å². The number of halogens is 1.